The third-order valence-electron chi connectivity index (χ3n) is 4.98. The lowest BCUT2D eigenvalue weighted by Crippen LogP contribution is -2.36. The van der Waals surface area contributed by atoms with Crippen molar-refractivity contribution in [3.05, 3.63) is 100 Å². The fraction of sp³-hybridized carbons (Fsp3) is 0.115. The smallest absolute Gasteiger partial charge is 0.294 e. The normalized spacial score (nSPS) is 14.5. The number of thioether (sulfide) groups is 1. The van der Waals surface area contributed by atoms with Crippen LogP contribution in [0, 0.1) is 12.7 Å². The highest BCUT2D eigenvalue weighted by Gasteiger charge is 2.36. The van der Waals surface area contributed by atoms with Crippen molar-refractivity contribution in [1.82, 2.24) is 4.90 Å². The van der Waals surface area contributed by atoms with Crippen molar-refractivity contribution in [1.29, 1.82) is 0 Å². The number of halogens is 1. The molecule has 8 heteroatoms. The Morgan fingerprint density at radius 3 is 2.50 bits per heavy atom. The standard InChI is InChI=1S/C26H21FN2O4S/c1-17-5-9-21(10-6-17)28-24(30)15-29-25(31)23(34-26(29)32)14-18-7-11-22(12-8-18)33-16-19-3-2-4-20(27)13-19/h2-14H,15-16H2,1H3,(H,28,30). The maximum atomic E-state index is 13.3. The molecule has 0 radical (unpaired) electrons. The van der Waals surface area contributed by atoms with E-state index >= 15 is 0 Å². The minimum atomic E-state index is -0.513. The Bertz CT molecular complexity index is 1260. The average molecular weight is 477 g/mol. The SMILES string of the molecule is Cc1ccc(NC(=O)CN2C(=O)SC(=Cc3ccc(OCc4cccc(F)c4)cc3)C2=O)cc1. The minimum Gasteiger partial charge on any atom is -0.489 e. The van der Waals surface area contributed by atoms with E-state index in [0.717, 1.165) is 22.2 Å². The molecule has 1 fully saturated rings. The number of benzene rings is 3. The number of carbonyl (C=O) groups is 3. The van der Waals surface area contributed by atoms with E-state index in [4.69, 9.17) is 4.74 Å². The number of aryl methyl sites for hydroxylation is 1. The van der Waals surface area contributed by atoms with Crippen LogP contribution in [0.2, 0.25) is 0 Å². The summed E-state index contributed by atoms with van der Waals surface area (Å²) in [7, 11) is 0. The molecule has 1 heterocycles. The lowest BCUT2D eigenvalue weighted by Gasteiger charge is -2.12. The first-order valence-electron chi connectivity index (χ1n) is 10.5. The highest BCUT2D eigenvalue weighted by molar-refractivity contribution is 8.18. The third-order valence-corrected chi connectivity index (χ3v) is 5.89. The summed E-state index contributed by atoms with van der Waals surface area (Å²) >= 11 is 0.792. The summed E-state index contributed by atoms with van der Waals surface area (Å²) in [6.07, 6.45) is 1.60. The second kappa shape index (κ2) is 10.4. The van der Waals surface area contributed by atoms with Crippen molar-refractivity contribution in [2.24, 2.45) is 0 Å². The minimum absolute atomic E-state index is 0.223. The number of imide groups is 1. The number of anilines is 1. The maximum absolute atomic E-state index is 13.3. The van der Waals surface area contributed by atoms with Gasteiger partial charge in [-0.25, -0.2) is 4.39 Å². The molecule has 1 aliphatic rings. The molecule has 0 unspecified atom stereocenters. The van der Waals surface area contributed by atoms with E-state index in [9.17, 15) is 18.8 Å². The zero-order valence-electron chi connectivity index (χ0n) is 18.3. The van der Waals surface area contributed by atoms with Crippen LogP contribution in [-0.4, -0.2) is 28.5 Å². The first-order chi connectivity index (χ1) is 16.4. The molecule has 1 N–H and O–H groups in total. The molecule has 6 nitrogen and oxygen atoms in total. The Kier molecular flexibility index (Phi) is 7.08. The number of rotatable bonds is 7. The molecule has 0 aromatic heterocycles. The van der Waals surface area contributed by atoms with Gasteiger partial charge in [-0.05, 0) is 72.3 Å². The molecule has 0 aliphatic carbocycles. The van der Waals surface area contributed by atoms with Crippen LogP contribution >= 0.6 is 11.8 Å². The lowest BCUT2D eigenvalue weighted by atomic mass is 10.2. The Labute approximate surface area is 200 Å². The first kappa shape index (κ1) is 23.3. The van der Waals surface area contributed by atoms with Crippen LogP contribution < -0.4 is 10.1 Å². The molecule has 3 aromatic carbocycles. The topological polar surface area (TPSA) is 75.7 Å². The molecular weight excluding hydrogens is 455 g/mol. The fourth-order valence-corrected chi connectivity index (χ4v) is 4.06. The average Bonchev–Trinajstić information content (AvgIpc) is 3.07. The number of hydrogen-bond donors (Lipinski definition) is 1. The Hall–Kier alpha value is -3.91. The van der Waals surface area contributed by atoms with Gasteiger partial charge in [0.15, 0.2) is 0 Å². The number of carbonyl (C=O) groups excluding carboxylic acids is 3. The van der Waals surface area contributed by atoms with Crippen LogP contribution in [0.1, 0.15) is 16.7 Å². The third kappa shape index (κ3) is 5.90. The van der Waals surface area contributed by atoms with E-state index in [0.29, 0.717) is 22.6 Å². The van der Waals surface area contributed by atoms with Crippen LogP contribution in [0.25, 0.3) is 6.08 Å². The van der Waals surface area contributed by atoms with Crippen LogP contribution in [0.15, 0.2) is 77.7 Å². The predicted molar refractivity (Wildman–Crippen MR) is 130 cm³/mol. The number of nitrogens with one attached hydrogen (secondary N) is 1. The quantitative estimate of drug-likeness (QED) is 0.463. The zero-order chi connectivity index (χ0) is 24.1. The fourth-order valence-electron chi connectivity index (χ4n) is 3.22. The van der Waals surface area contributed by atoms with Crippen molar-refractivity contribution < 1.29 is 23.5 Å². The largest absolute Gasteiger partial charge is 0.489 e. The summed E-state index contributed by atoms with van der Waals surface area (Å²) in [4.78, 5) is 38.5. The zero-order valence-corrected chi connectivity index (χ0v) is 19.1. The van der Waals surface area contributed by atoms with Gasteiger partial charge >= 0.3 is 0 Å². The number of amides is 3. The highest BCUT2D eigenvalue weighted by Crippen LogP contribution is 2.32. The van der Waals surface area contributed by atoms with Crippen molar-refractivity contribution in [2.45, 2.75) is 13.5 Å². The Balaban J connectivity index is 1.35. The molecule has 3 amide bonds. The van der Waals surface area contributed by atoms with Gasteiger partial charge in [0, 0.05) is 5.69 Å². The van der Waals surface area contributed by atoms with Gasteiger partial charge in [-0.1, -0.05) is 42.0 Å². The van der Waals surface area contributed by atoms with E-state index in [1.54, 1.807) is 54.6 Å². The Morgan fingerprint density at radius 2 is 1.79 bits per heavy atom. The van der Waals surface area contributed by atoms with E-state index in [1.165, 1.54) is 12.1 Å². The van der Waals surface area contributed by atoms with Crippen molar-refractivity contribution in [3.8, 4) is 5.75 Å². The van der Waals surface area contributed by atoms with Crippen LogP contribution in [0.3, 0.4) is 0 Å². The molecule has 0 spiro atoms. The van der Waals surface area contributed by atoms with Crippen molar-refractivity contribution >= 4 is 40.6 Å². The summed E-state index contributed by atoms with van der Waals surface area (Å²) in [5.74, 6) is -0.701. The first-order valence-corrected chi connectivity index (χ1v) is 11.3. The van der Waals surface area contributed by atoms with Gasteiger partial charge in [0.1, 0.15) is 24.7 Å². The summed E-state index contributed by atoms with van der Waals surface area (Å²) < 4.78 is 18.9. The molecule has 0 saturated carbocycles. The van der Waals surface area contributed by atoms with E-state index in [1.807, 2.05) is 19.1 Å². The molecule has 4 rings (SSSR count). The lowest BCUT2D eigenvalue weighted by molar-refractivity contribution is -0.127. The van der Waals surface area contributed by atoms with Gasteiger partial charge in [-0.2, -0.15) is 0 Å². The summed E-state index contributed by atoms with van der Waals surface area (Å²) in [5.41, 5.74) is 3.06. The number of hydrogen-bond acceptors (Lipinski definition) is 5. The van der Waals surface area contributed by atoms with Gasteiger partial charge < -0.3 is 10.1 Å². The van der Waals surface area contributed by atoms with Crippen molar-refractivity contribution in [3.63, 3.8) is 0 Å². The van der Waals surface area contributed by atoms with Gasteiger partial charge in [-0.3, -0.25) is 19.3 Å². The van der Waals surface area contributed by atoms with Gasteiger partial charge in [0.2, 0.25) is 5.91 Å². The predicted octanol–water partition coefficient (Wildman–Crippen LogP) is 5.39. The van der Waals surface area contributed by atoms with E-state index in [-0.39, 0.29) is 23.9 Å². The number of nitrogens with zero attached hydrogens (tertiary/aromatic N) is 1. The second-order valence-electron chi connectivity index (χ2n) is 7.67. The van der Waals surface area contributed by atoms with E-state index < -0.39 is 17.1 Å². The summed E-state index contributed by atoms with van der Waals surface area (Å²) in [6.45, 7) is 1.80. The summed E-state index contributed by atoms with van der Waals surface area (Å²) in [6, 6.07) is 20.4. The maximum Gasteiger partial charge on any atom is 0.294 e. The molecular formula is C26H21FN2O4S. The van der Waals surface area contributed by atoms with Crippen LogP contribution in [-0.2, 0) is 16.2 Å². The molecule has 3 aromatic rings. The molecule has 34 heavy (non-hydrogen) atoms. The molecule has 172 valence electrons. The number of ether oxygens (including phenoxy) is 1. The Morgan fingerprint density at radius 1 is 1.06 bits per heavy atom. The van der Waals surface area contributed by atoms with Crippen LogP contribution in [0.5, 0.6) is 5.75 Å². The van der Waals surface area contributed by atoms with Gasteiger partial charge in [0.05, 0.1) is 4.91 Å². The monoisotopic (exact) mass is 476 g/mol. The molecule has 0 bridgehead atoms. The molecule has 1 aliphatic heterocycles. The van der Waals surface area contributed by atoms with E-state index in [2.05, 4.69) is 5.32 Å². The molecule has 1 saturated heterocycles. The highest BCUT2D eigenvalue weighted by atomic mass is 32.2. The van der Waals surface area contributed by atoms with Gasteiger partial charge in [0.25, 0.3) is 11.1 Å². The second-order valence-corrected chi connectivity index (χ2v) is 8.66. The molecule has 0 atom stereocenters. The van der Waals surface area contributed by atoms with Crippen LogP contribution in [0.4, 0.5) is 14.9 Å². The summed E-state index contributed by atoms with van der Waals surface area (Å²) in [5, 5.41) is 2.19. The van der Waals surface area contributed by atoms with Gasteiger partial charge in [-0.15, -0.1) is 0 Å². The van der Waals surface area contributed by atoms with Crippen molar-refractivity contribution in [2.75, 3.05) is 11.9 Å².